The normalized spacial score (nSPS) is 16.3. The SMILES string of the molecule is CCCN1C(=O)C(O)=C(C(=O)c2sc(-c3ccccc3)nc2C)C1c1ccc(Cl)cc1. The van der Waals surface area contributed by atoms with E-state index in [0.29, 0.717) is 28.6 Å². The molecule has 1 aliphatic heterocycles. The van der Waals surface area contributed by atoms with E-state index in [1.807, 2.05) is 37.3 Å². The van der Waals surface area contributed by atoms with Crippen LogP contribution >= 0.6 is 22.9 Å². The molecule has 0 spiro atoms. The van der Waals surface area contributed by atoms with Gasteiger partial charge in [-0.2, -0.15) is 0 Å². The van der Waals surface area contributed by atoms with Crippen molar-refractivity contribution in [2.45, 2.75) is 26.3 Å². The Kier molecular flexibility index (Phi) is 5.94. The molecule has 1 aromatic heterocycles. The lowest BCUT2D eigenvalue weighted by atomic mass is 9.95. The fraction of sp³-hybridized carbons (Fsp3) is 0.208. The number of hydrogen-bond acceptors (Lipinski definition) is 5. The molecule has 5 nitrogen and oxygen atoms in total. The number of hydrogen-bond donors (Lipinski definition) is 1. The molecule has 1 aliphatic rings. The van der Waals surface area contributed by atoms with Crippen molar-refractivity contribution < 1.29 is 14.7 Å². The van der Waals surface area contributed by atoms with Crippen LogP contribution in [0.4, 0.5) is 0 Å². The number of rotatable bonds is 6. The summed E-state index contributed by atoms with van der Waals surface area (Å²) >= 11 is 7.30. The molecule has 0 saturated carbocycles. The molecular formula is C24H21ClN2O3S. The Morgan fingerprint density at radius 1 is 1.16 bits per heavy atom. The van der Waals surface area contributed by atoms with Gasteiger partial charge in [0.2, 0.25) is 5.78 Å². The van der Waals surface area contributed by atoms with Crippen molar-refractivity contribution in [2.24, 2.45) is 0 Å². The van der Waals surface area contributed by atoms with Gasteiger partial charge in [0.1, 0.15) is 5.01 Å². The Bertz CT molecular complexity index is 1170. The van der Waals surface area contributed by atoms with E-state index in [9.17, 15) is 14.7 Å². The molecule has 1 N–H and O–H groups in total. The molecule has 1 amide bonds. The standard InChI is InChI=1S/C24H21ClN2O3S/c1-3-13-27-19(15-9-11-17(25)12-10-15)18(21(29)24(27)30)20(28)22-14(2)26-23(31-22)16-7-5-4-6-8-16/h4-12,19,29H,3,13H2,1-2H3. The highest BCUT2D eigenvalue weighted by Crippen LogP contribution is 2.41. The van der Waals surface area contributed by atoms with E-state index in [1.165, 1.54) is 11.3 Å². The van der Waals surface area contributed by atoms with Crippen molar-refractivity contribution in [3.63, 3.8) is 0 Å². The van der Waals surface area contributed by atoms with Crippen LogP contribution in [0.1, 0.15) is 40.3 Å². The molecule has 158 valence electrons. The average Bonchev–Trinajstić information content (AvgIpc) is 3.28. The molecule has 2 heterocycles. The van der Waals surface area contributed by atoms with Crippen LogP contribution in [0.3, 0.4) is 0 Å². The number of carbonyl (C=O) groups is 2. The number of Topliss-reactive ketones (excluding diaryl/α,β-unsaturated/α-hetero) is 1. The number of nitrogens with zero attached hydrogens (tertiary/aromatic N) is 2. The Morgan fingerprint density at radius 2 is 1.84 bits per heavy atom. The molecule has 0 bridgehead atoms. The third-order valence-electron chi connectivity index (χ3n) is 5.22. The monoisotopic (exact) mass is 452 g/mol. The Balaban J connectivity index is 1.79. The van der Waals surface area contributed by atoms with Gasteiger partial charge in [-0.05, 0) is 31.0 Å². The molecule has 31 heavy (non-hydrogen) atoms. The van der Waals surface area contributed by atoms with Crippen LogP contribution in [0.25, 0.3) is 10.6 Å². The van der Waals surface area contributed by atoms with Crippen LogP contribution in [0.5, 0.6) is 0 Å². The largest absolute Gasteiger partial charge is 0.503 e. The van der Waals surface area contributed by atoms with Crippen LogP contribution in [-0.2, 0) is 4.79 Å². The predicted octanol–water partition coefficient (Wildman–Crippen LogP) is 5.76. The van der Waals surface area contributed by atoms with Crippen LogP contribution in [0, 0.1) is 6.92 Å². The van der Waals surface area contributed by atoms with Crippen LogP contribution in [-0.4, -0.2) is 33.2 Å². The summed E-state index contributed by atoms with van der Waals surface area (Å²) in [5, 5.41) is 12.0. The van der Waals surface area contributed by atoms with E-state index in [4.69, 9.17) is 11.6 Å². The van der Waals surface area contributed by atoms with Crippen molar-refractivity contribution in [1.29, 1.82) is 0 Å². The number of benzene rings is 2. The van der Waals surface area contributed by atoms with Crippen LogP contribution < -0.4 is 0 Å². The highest BCUT2D eigenvalue weighted by molar-refractivity contribution is 7.17. The van der Waals surface area contributed by atoms with Gasteiger partial charge in [0.05, 0.1) is 22.2 Å². The molecule has 4 rings (SSSR count). The second kappa shape index (κ2) is 8.65. The maximum Gasteiger partial charge on any atom is 0.290 e. The van der Waals surface area contributed by atoms with Crippen molar-refractivity contribution in [1.82, 2.24) is 9.88 Å². The molecule has 0 saturated heterocycles. The summed E-state index contributed by atoms with van der Waals surface area (Å²) in [5.74, 6) is -1.40. The third kappa shape index (κ3) is 3.89. The summed E-state index contributed by atoms with van der Waals surface area (Å²) in [6.45, 7) is 4.14. The number of aliphatic hydroxyl groups excluding tert-OH is 1. The van der Waals surface area contributed by atoms with Crippen LogP contribution in [0.2, 0.25) is 5.02 Å². The number of aromatic nitrogens is 1. The van der Waals surface area contributed by atoms with Gasteiger partial charge < -0.3 is 10.0 Å². The maximum absolute atomic E-state index is 13.6. The van der Waals surface area contributed by atoms with E-state index in [2.05, 4.69) is 4.98 Å². The average molecular weight is 453 g/mol. The van der Waals surface area contributed by atoms with E-state index < -0.39 is 17.7 Å². The lowest BCUT2D eigenvalue weighted by Crippen LogP contribution is -2.31. The van der Waals surface area contributed by atoms with E-state index in [-0.39, 0.29) is 11.4 Å². The van der Waals surface area contributed by atoms with E-state index >= 15 is 0 Å². The first-order chi connectivity index (χ1) is 14.9. The van der Waals surface area contributed by atoms with E-state index in [1.54, 1.807) is 36.1 Å². The maximum atomic E-state index is 13.6. The zero-order chi connectivity index (χ0) is 22.1. The molecule has 1 unspecified atom stereocenters. The zero-order valence-electron chi connectivity index (χ0n) is 17.1. The van der Waals surface area contributed by atoms with Gasteiger partial charge in [0.15, 0.2) is 5.76 Å². The Labute approximate surface area is 189 Å². The minimum atomic E-state index is -0.668. The summed E-state index contributed by atoms with van der Waals surface area (Å²) in [6.07, 6.45) is 0.697. The molecule has 0 fully saturated rings. The minimum absolute atomic E-state index is 0.0899. The first kappa shape index (κ1) is 21.3. The molecule has 0 radical (unpaired) electrons. The van der Waals surface area contributed by atoms with Gasteiger partial charge in [0, 0.05) is 17.1 Å². The van der Waals surface area contributed by atoms with Crippen molar-refractivity contribution in [3.05, 3.63) is 87.1 Å². The number of amides is 1. The second-order valence-electron chi connectivity index (χ2n) is 7.34. The smallest absolute Gasteiger partial charge is 0.290 e. The third-order valence-corrected chi connectivity index (χ3v) is 6.68. The molecule has 1 atom stereocenters. The van der Waals surface area contributed by atoms with Crippen molar-refractivity contribution in [3.8, 4) is 10.6 Å². The van der Waals surface area contributed by atoms with Gasteiger partial charge in [-0.25, -0.2) is 4.98 Å². The van der Waals surface area contributed by atoms with Gasteiger partial charge in [-0.3, -0.25) is 9.59 Å². The lowest BCUT2D eigenvalue weighted by molar-refractivity contribution is -0.129. The van der Waals surface area contributed by atoms with Crippen molar-refractivity contribution in [2.75, 3.05) is 6.54 Å². The number of halogens is 1. The predicted molar refractivity (Wildman–Crippen MR) is 122 cm³/mol. The fourth-order valence-electron chi connectivity index (χ4n) is 3.78. The number of aliphatic hydroxyl groups is 1. The van der Waals surface area contributed by atoms with Gasteiger partial charge in [-0.1, -0.05) is 61.0 Å². The Hall–Kier alpha value is -2.96. The zero-order valence-corrected chi connectivity index (χ0v) is 18.7. The molecule has 0 aliphatic carbocycles. The summed E-state index contributed by atoms with van der Waals surface area (Å²) < 4.78 is 0. The van der Waals surface area contributed by atoms with E-state index in [0.717, 1.165) is 16.1 Å². The molecular weight excluding hydrogens is 432 g/mol. The Morgan fingerprint density at radius 3 is 2.48 bits per heavy atom. The lowest BCUT2D eigenvalue weighted by Gasteiger charge is -2.26. The summed E-state index contributed by atoms with van der Waals surface area (Å²) in [5.41, 5.74) is 2.30. The minimum Gasteiger partial charge on any atom is -0.503 e. The fourth-order valence-corrected chi connectivity index (χ4v) is 4.93. The number of thiazole rings is 1. The quantitative estimate of drug-likeness (QED) is 0.482. The summed E-state index contributed by atoms with van der Waals surface area (Å²) in [7, 11) is 0. The first-order valence-corrected chi connectivity index (χ1v) is 11.2. The van der Waals surface area contributed by atoms with Gasteiger partial charge in [0.25, 0.3) is 5.91 Å². The summed E-state index contributed by atoms with van der Waals surface area (Å²) in [6, 6.07) is 15.9. The van der Waals surface area contributed by atoms with Crippen LogP contribution in [0.15, 0.2) is 65.9 Å². The second-order valence-corrected chi connectivity index (χ2v) is 8.78. The number of aryl methyl sites for hydroxylation is 1. The summed E-state index contributed by atoms with van der Waals surface area (Å²) in [4.78, 5) is 33.0. The molecule has 3 aromatic rings. The van der Waals surface area contributed by atoms with Gasteiger partial charge >= 0.3 is 0 Å². The first-order valence-electron chi connectivity index (χ1n) is 9.99. The molecule has 7 heteroatoms. The topological polar surface area (TPSA) is 70.5 Å². The highest BCUT2D eigenvalue weighted by atomic mass is 35.5. The highest BCUT2D eigenvalue weighted by Gasteiger charge is 2.44. The van der Waals surface area contributed by atoms with Crippen molar-refractivity contribution >= 4 is 34.6 Å². The number of carbonyl (C=O) groups excluding carboxylic acids is 2. The molecule has 2 aromatic carbocycles. The number of ketones is 1. The van der Waals surface area contributed by atoms with Gasteiger partial charge in [-0.15, -0.1) is 11.3 Å².